The molecule has 4 atom stereocenters. The van der Waals surface area contributed by atoms with E-state index in [1.807, 2.05) is 6.07 Å². The standard InChI is InChI=1S/C20H26F2N2O6/c21-18(22)29-17-11-5-9-15(17)24(20(27)28-12-13-6-2-1-3-7-13)30-19(26)23-14-8-4-10-16(14)25/h1-3,6-7,14-18,25H,4-5,8-12H2,(H,23,26)/t14-,15-,16-,17-/m1/s1. The van der Waals surface area contributed by atoms with Crippen LogP contribution in [0.25, 0.3) is 0 Å². The van der Waals surface area contributed by atoms with Gasteiger partial charge in [-0.15, -0.1) is 5.06 Å². The number of rotatable bonds is 6. The zero-order valence-electron chi connectivity index (χ0n) is 16.4. The molecule has 2 fully saturated rings. The lowest BCUT2D eigenvalue weighted by molar-refractivity contribution is -0.199. The zero-order valence-corrected chi connectivity index (χ0v) is 16.4. The highest BCUT2D eigenvalue weighted by atomic mass is 19.3. The summed E-state index contributed by atoms with van der Waals surface area (Å²) in [6.07, 6.45) is -0.595. The number of amides is 2. The second-order valence-corrected chi connectivity index (χ2v) is 7.43. The van der Waals surface area contributed by atoms with E-state index < -0.39 is 43.1 Å². The Morgan fingerprint density at radius 2 is 1.87 bits per heavy atom. The van der Waals surface area contributed by atoms with Crippen LogP contribution in [0.3, 0.4) is 0 Å². The minimum atomic E-state index is -3.01. The molecule has 30 heavy (non-hydrogen) atoms. The van der Waals surface area contributed by atoms with Gasteiger partial charge in [-0.3, -0.25) is 0 Å². The molecule has 2 aliphatic carbocycles. The molecule has 10 heteroatoms. The Hall–Kier alpha value is -2.46. The summed E-state index contributed by atoms with van der Waals surface area (Å²) in [6.45, 7) is -3.09. The van der Waals surface area contributed by atoms with Crippen molar-refractivity contribution in [1.29, 1.82) is 0 Å². The van der Waals surface area contributed by atoms with E-state index in [4.69, 9.17) is 9.57 Å². The van der Waals surface area contributed by atoms with Crippen molar-refractivity contribution in [2.75, 3.05) is 0 Å². The third kappa shape index (κ3) is 6.02. The van der Waals surface area contributed by atoms with E-state index in [9.17, 15) is 23.5 Å². The molecule has 0 heterocycles. The lowest BCUT2D eigenvalue weighted by atomic mass is 10.2. The number of halogens is 2. The predicted molar refractivity (Wildman–Crippen MR) is 100 cm³/mol. The van der Waals surface area contributed by atoms with Gasteiger partial charge in [-0.2, -0.15) is 8.78 Å². The monoisotopic (exact) mass is 428 g/mol. The van der Waals surface area contributed by atoms with Crippen molar-refractivity contribution in [3.05, 3.63) is 35.9 Å². The number of alkyl halides is 2. The summed E-state index contributed by atoms with van der Waals surface area (Å²) in [7, 11) is 0. The summed E-state index contributed by atoms with van der Waals surface area (Å²) in [4.78, 5) is 30.2. The van der Waals surface area contributed by atoms with Gasteiger partial charge in [-0.05, 0) is 44.1 Å². The Bertz CT molecular complexity index is 708. The van der Waals surface area contributed by atoms with Crippen LogP contribution >= 0.6 is 0 Å². The molecule has 0 saturated heterocycles. The van der Waals surface area contributed by atoms with Crippen LogP contribution in [0.5, 0.6) is 0 Å². The smallest absolute Gasteiger partial charge is 0.442 e. The number of ether oxygens (including phenoxy) is 2. The van der Waals surface area contributed by atoms with Crippen molar-refractivity contribution in [1.82, 2.24) is 10.4 Å². The van der Waals surface area contributed by atoms with Gasteiger partial charge in [0.2, 0.25) is 0 Å². The van der Waals surface area contributed by atoms with Crippen LogP contribution in [-0.2, 0) is 20.9 Å². The lowest BCUT2D eigenvalue weighted by Gasteiger charge is -2.30. The third-order valence-electron chi connectivity index (χ3n) is 5.35. The van der Waals surface area contributed by atoms with E-state index in [0.717, 1.165) is 12.0 Å². The number of hydrogen-bond acceptors (Lipinski definition) is 6. The maximum absolute atomic E-state index is 12.8. The van der Waals surface area contributed by atoms with Gasteiger partial charge in [0.25, 0.3) is 0 Å². The molecule has 2 amide bonds. The second kappa shape index (κ2) is 10.5. The summed E-state index contributed by atoms with van der Waals surface area (Å²) in [5, 5.41) is 13.1. The molecule has 8 nitrogen and oxygen atoms in total. The van der Waals surface area contributed by atoms with Gasteiger partial charge < -0.3 is 24.7 Å². The number of benzene rings is 1. The van der Waals surface area contributed by atoms with Crippen molar-refractivity contribution in [3.8, 4) is 0 Å². The minimum Gasteiger partial charge on any atom is -0.442 e. The molecule has 1 aromatic rings. The Labute approximate surface area is 173 Å². The van der Waals surface area contributed by atoms with E-state index in [0.29, 0.717) is 37.2 Å². The number of carbonyl (C=O) groups excluding carboxylic acids is 2. The van der Waals surface area contributed by atoms with Gasteiger partial charge in [0, 0.05) is 0 Å². The number of aliphatic hydroxyl groups is 1. The molecule has 2 saturated carbocycles. The van der Waals surface area contributed by atoms with Crippen LogP contribution in [0.2, 0.25) is 0 Å². The molecule has 3 rings (SSSR count). The van der Waals surface area contributed by atoms with E-state index in [1.165, 1.54) is 0 Å². The lowest BCUT2D eigenvalue weighted by Crippen LogP contribution is -2.50. The van der Waals surface area contributed by atoms with Crippen LogP contribution in [0.1, 0.15) is 44.1 Å². The quantitative estimate of drug-likeness (QED) is 0.675. The molecule has 2 N–H and O–H groups in total. The molecule has 0 aliphatic heterocycles. The first kappa shape index (κ1) is 22.2. The topological polar surface area (TPSA) is 97.3 Å². The Morgan fingerprint density at radius 3 is 2.53 bits per heavy atom. The Morgan fingerprint density at radius 1 is 1.13 bits per heavy atom. The van der Waals surface area contributed by atoms with Crippen molar-refractivity contribution in [2.45, 2.75) is 76.0 Å². The number of nitrogens with zero attached hydrogens (tertiary/aromatic N) is 1. The highest BCUT2D eigenvalue weighted by molar-refractivity contribution is 5.72. The van der Waals surface area contributed by atoms with Crippen LogP contribution in [-0.4, -0.2) is 53.3 Å². The molecular weight excluding hydrogens is 402 g/mol. The van der Waals surface area contributed by atoms with Crippen molar-refractivity contribution < 1.29 is 37.8 Å². The molecule has 0 aromatic heterocycles. The second-order valence-electron chi connectivity index (χ2n) is 7.43. The van der Waals surface area contributed by atoms with E-state index >= 15 is 0 Å². The Balaban J connectivity index is 1.67. The molecule has 0 unspecified atom stereocenters. The van der Waals surface area contributed by atoms with E-state index in [-0.39, 0.29) is 6.61 Å². The normalized spacial score (nSPS) is 25.9. The number of aliphatic hydroxyl groups excluding tert-OH is 1. The van der Waals surface area contributed by atoms with Gasteiger partial charge >= 0.3 is 18.8 Å². The van der Waals surface area contributed by atoms with E-state index in [1.54, 1.807) is 24.3 Å². The predicted octanol–water partition coefficient (Wildman–Crippen LogP) is 3.34. The highest BCUT2D eigenvalue weighted by Crippen LogP contribution is 2.29. The summed E-state index contributed by atoms with van der Waals surface area (Å²) in [5.74, 6) is 0. The molecule has 2 aliphatic rings. The summed E-state index contributed by atoms with van der Waals surface area (Å²) >= 11 is 0. The Kier molecular flexibility index (Phi) is 7.81. The van der Waals surface area contributed by atoms with Crippen LogP contribution in [0.15, 0.2) is 30.3 Å². The van der Waals surface area contributed by atoms with Crippen molar-refractivity contribution in [3.63, 3.8) is 0 Å². The fraction of sp³-hybridized carbons (Fsp3) is 0.600. The van der Waals surface area contributed by atoms with Gasteiger partial charge in [0.15, 0.2) is 0 Å². The first-order chi connectivity index (χ1) is 14.4. The maximum atomic E-state index is 12.8. The zero-order chi connectivity index (χ0) is 21.5. The SMILES string of the molecule is O=C(N[C@@H]1CCC[C@H]1O)ON(C(=O)OCc1ccccc1)[C@@H]1CCC[C@H]1OC(F)F. The molecule has 0 radical (unpaired) electrons. The first-order valence-corrected chi connectivity index (χ1v) is 10.0. The highest BCUT2D eigenvalue weighted by Gasteiger charge is 2.41. The molecule has 0 bridgehead atoms. The van der Waals surface area contributed by atoms with Crippen LogP contribution in [0, 0.1) is 0 Å². The number of nitrogens with one attached hydrogen (secondary N) is 1. The molecule has 166 valence electrons. The van der Waals surface area contributed by atoms with Gasteiger partial charge in [0.05, 0.1) is 18.2 Å². The van der Waals surface area contributed by atoms with Gasteiger partial charge in [-0.25, -0.2) is 9.59 Å². The van der Waals surface area contributed by atoms with Crippen LogP contribution < -0.4 is 5.32 Å². The van der Waals surface area contributed by atoms with Crippen molar-refractivity contribution >= 4 is 12.2 Å². The fourth-order valence-electron chi connectivity index (χ4n) is 3.86. The number of hydroxylamine groups is 2. The summed E-state index contributed by atoms with van der Waals surface area (Å²) in [5.41, 5.74) is 0.719. The average molecular weight is 428 g/mol. The first-order valence-electron chi connectivity index (χ1n) is 10.0. The summed E-state index contributed by atoms with van der Waals surface area (Å²) in [6, 6.07) is 7.49. The van der Waals surface area contributed by atoms with Gasteiger partial charge in [0.1, 0.15) is 12.6 Å². The maximum Gasteiger partial charge on any atom is 0.444 e. The molecule has 1 aromatic carbocycles. The molecule has 0 spiro atoms. The fourth-order valence-corrected chi connectivity index (χ4v) is 3.86. The minimum absolute atomic E-state index is 0.0738. The van der Waals surface area contributed by atoms with Crippen LogP contribution in [0.4, 0.5) is 18.4 Å². The summed E-state index contributed by atoms with van der Waals surface area (Å²) < 4.78 is 35.4. The number of hydrogen-bond donors (Lipinski definition) is 2. The largest absolute Gasteiger partial charge is 0.444 e. The third-order valence-corrected chi connectivity index (χ3v) is 5.35. The molecular formula is C20H26F2N2O6. The number of carbonyl (C=O) groups is 2. The van der Waals surface area contributed by atoms with E-state index in [2.05, 4.69) is 10.1 Å². The average Bonchev–Trinajstić information content (AvgIpc) is 3.33. The van der Waals surface area contributed by atoms with Gasteiger partial charge in [-0.1, -0.05) is 30.3 Å². The van der Waals surface area contributed by atoms with Crippen molar-refractivity contribution in [2.24, 2.45) is 0 Å².